The molecule has 10 nitrogen and oxygen atoms in total. The molecule has 1 atom stereocenters. The Hall–Kier alpha value is -5.22. The second-order valence-corrected chi connectivity index (χ2v) is 7.68. The fourth-order valence-electron chi connectivity index (χ4n) is 3.92. The Balaban J connectivity index is 1.86. The quantitative estimate of drug-likeness (QED) is 0.388. The molecule has 0 bridgehead atoms. The number of benzene rings is 2. The number of aromatic amines is 1. The maximum Gasteiger partial charge on any atom is 0.293 e. The van der Waals surface area contributed by atoms with E-state index in [-0.39, 0.29) is 11.5 Å². The van der Waals surface area contributed by atoms with E-state index in [1.807, 2.05) is 0 Å². The van der Waals surface area contributed by atoms with Crippen LogP contribution in [0, 0.1) is 22.7 Å². The van der Waals surface area contributed by atoms with Gasteiger partial charge in [0.05, 0.1) is 29.5 Å². The van der Waals surface area contributed by atoms with E-state index in [0.29, 0.717) is 22.3 Å². The Labute approximate surface area is 199 Å². The first-order valence-electron chi connectivity index (χ1n) is 10.5. The molecule has 0 radical (unpaired) electrons. The fourth-order valence-corrected chi connectivity index (χ4v) is 3.92. The van der Waals surface area contributed by atoms with Gasteiger partial charge in [-0.3, -0.25) is 9.59 Å². The van der Waals surface area contributed by atoms with E-state index < -0.39 is 34.7 Å². The van der Waals surface area contributed by atoms with Crippen molar-refractivity contribution in [2.45, 2.75) is 18.8 Å². The minimum Gasteiger partial charge on any atom is -0.501 e. The summed E-state index contributed by atoms with van der Waals surface area (Å²) in [4.78, 5) is 32.1. The normalized spacial score (nSPS) is 11.4. The minimum atomic E-state index is -0.904. The lowest BCUT2D eigenvalue weighted by Crippen LogP contribution is -2.24. The number of hydrogen-bond acceptors (Lipinski definition) is 8. The smallest absolute Gasteiger partial charge is 0.293 e. The van der Waals surface area contributed by atoms with E-state index in [2.05, 4.69) is 37.1 Å². The number of nitrogens with one attached hydrogen (secondary N) is 2. The Morgan fingerprint density at radius 3 is 2.23 bits per heavy atom. The van der Waals surface area contributed by atoms with Gasteiger partial charge in [0.1, 0.15) is 17.8 Å². The molecule has 0 saturated heterocycles. The SMILES string of the molecule is C[C@@H](c1nc(C(=O)Nc2cnoc2)c(O)c(=O)[nH]1)C(c1ccccc1C#N)c1ccccc1C#N. The van der Waals surface area contributed by atoms with Crippen molar-refractivity contribution in [3.8, 4) is 17.9 Å². The molecule has 2 aromatic carbocycles. The molecule has 10 heteroatoms. The summed E-state index contributed by atoms with van der Waals surface area (Å²) in [7, 11) is 0. The molecular weight excluding hydrogens is 448 g/mol. The molecule has 1 amide bonds. The van der Waals surface area contributed by atoms with Crippen molar-refractivity contribution in [3.63, 3.8) is 0 Å². The maximum atomic E-state index is 12.7. The van der Waals surface area contributed by atoms with Crippen LogP contribution >= 0.6 is 0 Å². The van der Waals surface area contributed by atoms with Gasteiger partial charge < -0.3 is 19.9 Å². The zero-order valence-corrected chi connectivity index (χ0v) is 18.4. The molecule has 0 aliphatic rings. The minimum absolute atomic E-state index is 0.0914. The molecule has 3 N–H and O–H groups in total. The van der Waals surface area contributed by atoms with Crippen molar-refractivity contribution in [3.05, 3.63) is 105 Å². The van der Waals surface area contributed by atoms with E-state index in [1.54, 1.807) is 55.5 Å². The van der Waals surface area contributed by atoms with Crippen LogP contribution in [-0.4, -0.2) is 26.1 Å². The number of H-pyrrole nitrogens is 1. The number of rotatable bonds is 6. The van der Waals surface area contributed by atoms with Gasteiger partial charge in [0.2, 0.25) is 5.75 Å². The Morgan fingerprint density at radius 1 is 1.09 bits per heavy atom. The van der Waals surface area contributed by atoms with Crippen LogP contribution in [0.15, 0.2) is 70.3 Å². The summed E-state index contributed by atoms with van der Waals surface area (Å²) in [6.45, 7) is 1.75. The number of nitriles is 2. The molecule has 0 aliphatic carbocycles. The molecular formula is C25H18N6O4. The summed E-state index contributed by atoms with van der Waals surface area (Å²) in [5.74, 6) is -2.79. The van der Waals surface area contributed by atoms with Gasteiger partial charge in [0, 0.05) is 11.8 Å². The highest BCUT2D eigenvalue weighted by Crippen LogP contribution is 2.39. The van der Waals surface area contributed by atoms with Gasteiger partial charge in [-0.1, -0.05) is 48.5 Å². The van der Waals surface area contributed by atoms with Crippen LogP contribution in [0.4, 0.5) is 5.69 Å². The van der Waals surface area contributed by atoms with Gasteiger partial charge >= 0.3 is 0 Å². The van der Waals surface area contributed by atoms with Crippen LogP contribution in [0.25, 0.3) is 0 Å². The number of carbonyl (C=O) groups is 1. The molecule has 0 aliphatic heterocycles. The summed E-state index contributed by atoms with van der Waals surface area (Å²) >= 11 is 0. The Kier molecular flexibility index (Phi) is 6.38. The zero-order valence-electron chi connectivity index (χ0n) is 18.4. The number of amides is 1. The van der Waals surface area contributed by atoms with Crippen LogP contribution in [0.1, 0.15) is 57.3 Å². The van der Waals surface area contributed by atoms with E-state index in [0.717, 1.165) is 0 Å². The molecule has 4 rings (SSSR count). The highest BCUT2D eigenvalue weighted by molar-refractivity contribution is 6.04. The molecule has 172 valence electrons. The largest absolute Gasteiger partial charge is 0.501 e. The number of carbonyl (C=O) groups excluding carboxylic acids is 1. The Bertz CT molecular complexity index is 1470. The molecule has 0 saturated carbocycles. The van der Waals surface area contributed by atoms with E-state index in [1.165, 1.54) is 12.5 Å². The van der Waals surface area contributed by atoms with Crippen LogP contribution in [0.3, 0.4) is 0 Å². The number of anilines is 1. The van der Waals surface area contributed by atoms with Crippen molar-refractivity contribution in [1.29, 1.82) is 10.5 Å². The first kappa shape index (κ1) is 23.0. The number of aromatic hydroxyl groups is 1. The monoisotopic (exact) mass is 466 g/mol. The van der Waals surface area contributed by atoms with Gasteiger partial charge in [0.15, 0.2) is 5.69 Å². The van der Waals surface area contributed by atoms with Gasteiger partial charge in [-0.25, -0.2) is 4.98 Å². The van der Waals surface area contributed by atoms with Gasteiger partial charge in [-0.05, 0) is 23.3 Å². The van der Waals surface area contributed by atoms with E-state index >= 15 is 0 Å². The standard InChI is InChI=1S/C25H18N6O4/c1-14(23-30-21(22(32)25(34)31-23)24(33)29-17-12-28-35-13-17)20(18-8-4-2-6-15(18)10-26)19-9-5-3-7-16(19)11-27/h2-9,12-14,20,32H,1H3,(H,29,33)(H,30,31,34)/t14-/m1/s1. The maximum absolute atomic E-state index is 12.7. The lowest BCUT2D eigenvalue weighted by atomic mass is 9.78. The van der Waals surface area contributed by atoms with Crippen molar-refractivity contribution >= 4 is 11.6 Å². The molecule has 4 aromatic rings. The molecule has 0 spiro atoms. The summed E-state index contributed by atoms with van der Waals surface area (Å²) < 4.78 is 4.67. The third-order valence-electron chi connectivity index (χ3n) is 5.58. The summed E-state index contributed by atoms with van der Waals surface area (Å²) in [5.41, 5.74) is 0.853. The predicted molar refractivity (Wildman–Crippen MR) is 124 cm³/mol. The third kappa shape index (κ3) is 4.49. The molecule has 2 aromatic heterocycles. The van der Waals surface area contributed by atoms with Crippen molar-refractivity contribution in [2.75, 3.05) is 5.32 Å². The van der Waals surface area contributed by atoms with Crippen LogP contribution in [0.5, 0.6) is 5.75 Å². The predicted octanol–water partition coefficient (Wildman–Crippen LogP) is 3.39. The first-order valence-corrected chi connectivity index (χ1v) is 10.5. The highest BCUT2D eigenvalue weighted by atomic mass is 16.5. The lowest BCUT2D eigenvalue weighted by Gasteiger charge is -2.26. The highest BCUT2D eigenvalue weighted by Gasteiger charge is 2.30. The van der Waals surface area contributed by atoms with Crippen LogP contribution in [0.2, 0.25) is 0 Å². The van der Waals surface area contributed by atoms with Gasteiger partial charge in [-0.15, -0.1) is 0 Å². The number of hydrogen-bond donors (Lipinski definition) is 3. The lowest BCUT2D eigenvalue weighted by molar-refractivity contribution is 0.101. The Morgan fingerprint density at radius 2 is 1.69 bits per heavy atom. The second kappa shape index (κ2) is 9.73. The summed E-state index contributed by atoms with van der Waals surface area (Å²) in [5, 5.41) is 35.6. The van der Waals surface area contributed by atoms with Crippen molar-refractivity contribution in [2.24, 2.45) is 0 Å². The van der Waals surface area contributed by atoms with E-state index in [4.69, 9.17) is 0 Å². The molecule has 0 fully saturated rings. The average Bonchev–Trinajstić information content (AvgIpc) is 3.39. The van der Waals surface area contributed by atoms with Crippen molar-refractivity contribution in [1.82, 2.24) is 15.1 Å². The first-order chi connectivity index (χ1) is 16.9. The average molecular weight is 466 g/mol. The zero-order chi connectivity index (χ0) is 24.9. The summed E-state index contributed by atoms with van der Waals surface area (Å²) in [6, 6.07) is 18.2. The molecule has 0 unspecified atom stereocenters. The molecule has 35 heavy (non-hydrogen) atoms. The van der Waals surface area contributed by atoms with Crippen LogP contribution in [-0.2, 0) is 0 Å². The topological polar surface area (TPSA) is 169 Å². The van der Waals surface area contributed by atoms with Gasteiger partial charge in [0.25, 0.3) is 11.5 Å². The number of nitrogens with zero attached hydrogens (tertiary/aromatic N) is 4. The van der Waals surface area contributed by atoms with Crippen molar-refractivity contribution < 1.29 is 14.4 Å². The third-order valence-corrected chi connectivity index (χ3v) is 5.58. The number of aromatic nitrogens is 3. The second-order valence-electron chi connectivity index (χ2n) is 7.68. The fraction of sp³-hybridized carbons (Fsp3) is 0.120. The van der Waals surface area contributed by atoms with Crippen LogP contribution < -0.4 is 10.9 Å². The van der Waals surface area contributed by atoms with E-state index in [9.17, 15) is 25.2 Å². The summed E-state index contributed by atoms with van der Waals surface area (Å²) in [6.07, 6.45) is 2.43. The molecule has 2 heterocycles. The van der Waals surface area contributed by atoms with Gasteiger partial charge in [-0.2, -0.15) is 10.5 Å².